The van der Waals surface area contributed by atoms with Crippen LogP contribution >= 0.6 is 0 Å². The first-order valence-electron chi connectivity index (χ1n) is 7.42. The van der Waals surface area contributed by atoms with E-state index in [1.807, 2.05) is 30.3 Å². The first-order chi connectivity index (χ1) is 9.78. The molecule has 2 aliphatic rings. The van der Waals surface area contributed by atoms with Gasteiger partial charge in [-0.05, 0) is 43.2 Å². The van der Waals surface area contributed by atoms with Crippen molar-refractivity contribution < 1.29 is 0 Å². The number of benzene rings is 1. The number of pyridine rings is 1. The number of piperidine rings is 1. The molecule has 0 aliphatic carbocycles. The minimum absolute atomic E-state index is 0.0116. The second-order valence-corrected chi connectivity index (χ2v) is 6.05. The summed E-state index contributed by atoms with van der Waals surface area (Å²) in [5.41, 5.74) is -0.0116. The third kappa shape index (κ3) is 2.10. The molecule has 1 aromatic carbocycles. The van der Waals surface area contributed by atoms with E-state index in [-0.39, 0.29) is 5.56 Å². The highest BCUT2D eigenvalue weighted by atomic mass is 16.1. The maximum atomic E-state index is 12.1. The molecule has 4 nitrogen and oxygen atoms in total. The summed E-state index contributed by atoms with van der Waals surface area (Å²) in [5.74, 6) is 0.847. The van der Waals surface area contributed by atoms with Crippen LogP contribution in [0.4, 0.5) is 5.82 Å². The summed E-state index contributed by atoms with van der Waals surface area (Å²) >= 11 is 0. The van der Waals surface area contributed by atoms with E-state index in [2.05, 4.69) is 15.6 Å². The number of aromatic amines is 1. The number of nitrogens with one attached hydrogen (secondary N) is 3. The molecule has 0 radical (unpaired) electrons. The van der Waals surface area contributed by atoms with Crippen molar-refractivity contribution in [1.29, 1.82) is 0 Å². The molecule has 0 spiro atoms. The smallest absolute Gasteiger partial charge is 0.257 e. The maximum Gasteiger partial charge on any atom is 0.257 e. The van der Waals surface area contributed by atoms with E-state index in [0.717, 1.165) is 29.4 Å². The zero-order valence-electron chi connectivity index (χ0n) is 11.4. The monoisotopic (exact) mass is 269 g/mol. The molecule has 3 N–H and O–H groups in total. The van der Waals surface area contributed by atoms with Crippen LogP contribution in [0.3, 0.4) is 0 Å². The Kier molecular flexibility index (Phi) is 2.77. The lowest BCUT2D eigenvalue weighted by atomic mass is 10.00. The quantitative estimate of drug-likeness (QED) is 0.783. The molecule has 0 amide bonds. The number of rotatable bonds is 2. The van der Waals surface area contributed by atoms with Crippen LogP contribution in [0.15, 0.2) is 35.1 Å². The third-order valence-corrected chi connectivity index (χ3v) is 4.59. The fourth-order valence-electron chi connectivity index (χ4n) is 3.68. The highest BCUT2D eigenvalue weighted by molar-refractivity contribution is 5.83. The van der Waals surface area contributed by atoms with Crippen molar-refractivity contribution in [1.82, 2.24) is 10.3 Å². The van der Waals surface area contributed by atoms with Gasteiger partial charge in [0.1, 0.15) is 5.82 Å². The molecular formula is C16H19N3O. The molecule has 0 saturated carbocycles. The van der Waals surface area contributed by atoms with Crippen LogP contribution in [0.5, 0.6) is 0 Å². The maximum absolute atomic E-state index is 12.1. The standard InChI is InChI=1S/C16H19N3O/c20-16-14-4-2-1-3-10(14)7-15(19-16)18-13-8-11-5-6-12(9-13)17-11/h1-4,7,11-13,17H,5-6,8-9H2,(H2,18,19,20). The predicted octanol–water partition coefficient (Wildman–Crippen LogP) is 2.22. The summed E-state index contributed by atoms with van der Waals surface area (Å²) in [6.07, 6.45) is 4.87. The molecule has 20 heavy (non-hydrogen) atoms. The van der Waals surface area contributed by atoms with E-state index in [4.69, 9.17) is 0 Å². The van der Waals surface area contributed by atoms with Crippen molar-refractivity contribution in [2.45, 2.75) is 43.8 Å². The van der Waals surface area contributed by atoms with Gasteiger partial charge in [0.15, 0.2) is 0 Å². The average Bonchev–Trinajstić information content (AvgIpc) is 2.78. The largest absolute Gasteiger partial charge is 0.369 e. The molecule has 2 aromatic rings. The summed E-state index contributed by atoms with van der Waals surface area (Å²) < 4.78 is 0. The van der Waals surface area contributed by atoms with Crippen LogP contribution in [0.25, 0.3) is 10.8 Å². The fourth-order valence-corrected chi connectivity index (χ4v) is 3.68. The van der Waals surface area contributed by atoms with E-state index in [1.54, 1.807) is 0 Å². The van der Waals surface area contributed by atoms with Crippen LogP contribution in [-0.2, 0) is 0 Å². The van der Waals surface area contributed by atoms with Crippen LogP contribution in [0.2, 0.25) is 0 Å². The number of aromatic nitrogens is 1. The van der Waals surface area contributed by atoms with Gasteiger partial charge in [0.2, 0.25) is 0 Å². The average molecular weight is 269 g/mol. The SMILES string of the molecule is O=c1[nH]c(NC2CC3CCC(C2)N3)cc2ccccc12. The summed E-state index contributed by atoms with van der Waals surface area (Å²) in [4.78, 5) is 15.0. The Bertz CT molecular complexity index is 681. The van der Waals surface area contributed by atoms with Crippen molar-refractivity contribution in [3.8, 4) is 0 Å². The van der Waals surface area contributed by atoms with Crippen molar-refractivity contribution in [2.75, 3.05) is 5.32 Å². The topological polar surface area (TPSA) is 56.9 Å². The van der Waals surface area contributed by atoms with Gasteiger partial charge in [-0.1, -0.05) is 18.2 Å². The number of H-pyrrole nitrogens is 1. The van der Waals surface area contributed by atoms with Crippen molar-refractivity contribution in [2.24, 2.45) is 0 Å². The molecule has 4 rings (SSSR count). The van der Waals surface area contributed by atoms with E-state index in [9.17, 15) is 4.79 Å². The molecule has 2 unspecified atom stereocenters. The molecule has 104 valence electrons. The van der Waals surface area contributed by atoms with E-state index in [0.29, 0.717) is 18.1 Å². The van der Waals surface area contributed by atoms with E-state index >= 15 is 0 Å². The molecular weight excluding hydrogens is 250 g/mol. The Morgan fingerprint density at radius 3 is 2.65 bits per heavy atom. The fraction of sp³-hybridized carbons (Fsp3) is 0.438. The van der Waals surface area contributed by atoms with Gasteiger partial charge < -0.3 is 15.6 Å². The Morgan fingerprint density at radius 1 is 1.10 bits per heavy atom. The zero-order chi connectivity index (χ0) is 13.5. The van der Waals surface area contributed by atoms with Gasteiger partial charge in [-0.15, -0.1) is 0 Å². The molecule has 2 aliphatic heterocycles. The number of fused-ring (bicyclic) bond motifs is 3. The summed E-state index contributed by atoms with van der Waals surface area (Å²) in [7, 11) is 0. The minimum Gasteiger partial charge on any atom is -0.369 e. The highest BCUT2D eigenvalue weighted by Crippen LogP contribution is 2.28. The number of anilines is 1. The molecule has 4 heteroatoms. The Morgan fingerprint density at radius 2 is 1.85 bits per heavy atom. The third-order valence-electron chi connectivity index (χ3n) is 4.59. The highest BCUT2D eigenvalue weighted by Gasteiger charge is 2.33. The molecule has 2 bridgehead atoms. The first kappa shape index (κ1) is 12.0. The van der Waals surface area contributed by atoms with Gasteiger partial charge in [-0.2, -0.15) is 0 Å². The van der Waals surface area contributed by atoms with Gasteiger partial charge in [0.05, 0.1) is 0 Å². The van der Waals surface area contributed by atoms with Crippen LogP contribution in [-0.4, -0.2) is 23.1 Å². The summed E-state index contributed by atoms with van der Waals surface area (Å²) in [6.45, 7) is 0. The van der Waals surface area contributed by atoms with Crippen LogP contribution in [0, 0.1) is 0 Å². The van der Waals surface area contributed by atoms with E-state index in [1.165, 1.54) is 12.8 Å². The van der Waals surface area contributed by atoms with Gasteiger partial charge in [-0.25, -0.2) is 0 Å². The van der Waals surface area contributed by atoms with Gasteiger partial charge in [0.25, 0.3) is 5.56 Å². The molecule has 2 atom stereocenters. The van der Waals surface area contributed by atoms with Crippen molar-refractivity contribution in [3.05, 3.63) is 40.7 Å². The van der Waals surface area contributed by atoms with Crippen LogP contribution in [0.1, 0.15) is 25.7 Å². The predicted molar refractivity (Wildman–Crippen MR) is 81.2 cm³/mol. The molecule has 2 saturated heterocycles. The number of hydrogen-bond acceptors (Lipinski definition) is 3. The summed E-state index contributed by atoms with van der Waals surface area (Å²) in [5, 5.41) is 8.90. The zero-order valence-corrected chi connectivity index (χ0v) is 11.4. The molecule has 1 aromatic heterocycles. The lowest BCUT2D eigenvalue weighted by molar-refractivity contribution is 0.377. The Balaban J connectivity index is 1.61. The first-order valence-corrected chi connectivity index (χ1v) is 7.42. The molecule has 2 fully saturated rings. The second kappa shape index (κ2) is 4.63. The van der Waals surface area contributed by atoms with Gasteiger partial charge in [-0.3, -0.25) is 4.79 Å². The number of hydrogen-bond donors (Lipinski definition) is 3. The lowest BCUT2D eigenvalue weighted by Gasteiger charge is -2.30. The summed E-state index contributed by atoms with van der Waals surface area (Å²) in [6, 6.07) is 11.5. The Labute approximate surface area is 117 Å². The van der Waals surface area contributed by atoms with Gasteiger partial charge >= 0.3 is 0 Å². The normalized spacial score (nSPS) is 28.7. The Hall–Kier alpha value is -1.81. The van der Waals surface area contributed by atoms with Crippen molar-refractivity contribution in [3.63, 3.8) is 0 Å². The van der Waals surface area contributed by atoms with Crippen molar-refractivity contribution >= 4 is 16.6 Å². The van der Waals surface area contributed by atoms with E-state index < -0.39 is 0 Å². The van der Waals surface area contributed by atoms with Gasteiger partial charge in [0, 0.05) is 23.5 Å². The van der Waals surface area contributed by atoms with Crippen LogP contribution < -0.4 is 16.2 Å². The second-order valence-electron chi connectivity index (χ2n) is 6.05. The lowest BCUT2D eigenvalue weighted by Crippen LogP contribution is -2.43. The minimum atomic E-state index is -0.0116. The molecule has 3 heterocycles.